The van der Waals surface area contributed by atoms with Gasteiger partial charge in [0.25, 0.3) is 5.91 Å². The van der Waals surface area contributed by atoms with Crippen LogP contribution in [0.4, 0.5) is 8.78 Å². The summed E-state index contributed by atoms with van der Waals surface area (Å²) in [6, 6.07) is -0.847. The lowest BCUT2D eigenvalue weighted by Crippen LogP contribution is -2.62. The summed E-state index contributed by atoms with van der Waals surface area (Å²) in [6.45, 7) is 3.34. The van der Waals surface area contributed by atoms with E-state index >= 15 is 0 Å². The van der Waals surface area contributed by atoms with Crippen LogP contribution in [0.1, 0.15) is 26.2 Å². The van der Waals surface area contributed by atoms with Crippen LogP contribution in [-0.2, 0) is 14.3 Å². The van der Waals surface area contributed by atoms with Gasteiger partial charge < -0.3 is 10.1 Å². The largest absolute Gasteiger partial charge is 0.383 e. The van der Waals surface area contributed by atoms with Crippen LogP contribution in [0.2, 0.25) is 0 Å². The van der Waals surface area contributed by atoms with Gasteiger partial charge in [0, 0.05) is 25.5 Å². The van der Waals surface area contributed by atoms with E-state index in [1.54, 1.807) is 4.90 Å². The normalized spacial score (nSPS) is 30.8. The zero-order valence-electron chi connectivity index (χ0n) is 12.9. The molecule has 3 rings (SSSR count). The van der Waals surface area contributed by atoms with Gasteiger partial charge in [-0.15, -0.1) is 12.4 Å². The van der Waals surface area contributed by atoms with Crippen LogP contribution in [0.3, 0.4) is 0 Å². The molecule has 0 aromatic heterocycles. The second kappa shape index (κ2) is 7.19. The number of carbonyl (C=O) groups excluding carboxylic acids is 2. The maximum Gasteiger partial charge on any atom is 0.326 e. The van der Waals surface area contributed by atoms with Crippen molar-refractivity contribution in [1.29, 1.82) is 0 Å². The monoisotopic (exact) mass is 340 g/mol. The molecule has 3 aliphatic rings. The maximum atomic E-state index is 14.0. The zero-order chi connectivity index (χ0) is 15.7. The average Bonchev–Trinajstić information content (AvgIpc) is 2.44. The van der Waals surface area contributed by atoms with E-state index in [-0.39, 0.29) is 31.3 Å². The second-order valence-corrected chi connectivity index (χ2v) is 6.13. The SMILES string of the molecule is COCCNC(=O)C(F)(F)CC1C(=O)C2(C)CCN1CC2.Cl. The maximum absolute atomic E-state index is 14.0. The molecule has 1 unspecified atom stereocenters. The highest BCUT2D eigenvalue weighted by molar-refractivity contribution is 5.92. The van der Waals surface area contributed by atoms with E-state index in [1.807, 2.05) is 6.92 Å². The minimum absolute atomic E-state index is 0. The Morgan fingerprint density at radius 2 is 2.05 bits per heavy atom. The summed E-state index contributed by atoms with van der Waals surface area (Å²) >= 11 is 0. The third kappa shape index (κ3) is 3.75. The summed E-state index contributed by atoms with van der Waals surface area (Å²) in [5, 5.41) is 2.14. The number of amides is 1. The molecule has 8 heteroatoms. The van der Waals surface area contributed by atoms with E-state index in [4.69, 9.17) is 4.74 Å². The molecule has 22 heavy (non-hydrogen) atoms. The number of halogens is 3. The molecule has 0 radical (unpaired) electrons. The minimum Gasteiger partial charge on any atom is -0.383 e. The molecule has 3 aliphatic heterocycles. The van der Waals surface area contributed by atoms with Crippen molar-refractivity contribution in [2.75, 3.05) is 33.4 Å². The first-order valence-electron chi connectivity index (χ1n) is 7.23. The first-order valence-corrected chi connectivity index (χ1v) is 7.23. The van der Waals surface area contributed by atoms with Crippen LogP contribution in [-0.4, -0.2) is 61.9 Å². The van der Waals surface area contributed by atoms with Crippen molar-refractivity contribution in [3.63, 3.8) is 0 Å². The number of ketones is 1. The Morgan fingerprint density at radius 3 is 2.59 bits per heavy atom. The van der Waals surface area contributed by atoms with E-state index in [2.05, 4.69) is 5.32 Å². The number of methoxy groups -OCH3 is 1. The number of carbonyl (C=O) groups is 2. The predicted octanol–water partition coefficient (Wildman–Crippen LogP) is 1.25. The summed E-state index contributed by atoms with van der Waals surface area (Å²) in [7, 11) is 1.43. The smallest absolute Gasteiger partial charge is 0.326 e. The molecule has 1 atom stereocenters. The molecule has 1 amide bonds. The van der Waals surface area contributed by atoms with Crippen molar-refractivity contribution in [1.82, 2.24) is 10.2 Å². The lowest BCUT2D eigenvalue weighted by Gasteiger charge is -2.50. The van der Waals surface area contributed by atoms with E-state index in [0.29, 0.717) is 25.9 Å². The molecular formula is C14H23ClF2N2O3. The van der Waals surface area contributed by atoms with E-state index < -0.39 is 29.7 Å². The van der Waals surface area contributed by atoms with Crippen molar-refractivity contribution in [3.05, 3.63) is 0 Å². The number of rotatable bonds is 6. The molecule has 3 fully saturated rings. The molecule has 0 aromatic rings. The summed E-state index contributed by atoms with van der Waals surface area (Å²) in [6.07, 6.45) is 0.697. The fourth-order valence-corrected chi connectivity index (χ4v) is 3.10. The fraction of sp³-hybridized carbons (Fsp3) is 0.857. The summed E-state index contributed by atoms with van der Waals surface area (Å²) < 4.78 is 32.7. The highest BCUT2D eigenvalue weighted by Gasteiger charge is 2.53. The molecular weight excluding hydrogens is 318 g/mol. The third-order valence-corrected chi connectivity index (χ3v) is 4.61. The molecule has 0 aliphatic carbocycles. The van der Waals surface area contributed by atoms with E-state index in [1.165, 1.54) is 7.11 Å². The van der Waals surface area contributed by atoms with Gasteiger partial charge in [0.05, 0.1) is 12.6 Å². The first-order chi connectivity index (χ1) is 9.80. The van der Waals surface area contributed by atoms with Crippen LogP contribution >= 0.6 is 12.4 Å². The Morgan fingerprint density at radius 1 is 1.45 bits per heavy atom. The number of ether oxygens (including phenoxy) is 1. The number of fused-ring (bicyclic) bond motifs is 3. The number of nitrogens with zero attached hydrogens (tertiary/aromatic N) is 1. The summed E-state index contributed by atoms with van der Waals surface area (Å²) in [5.41, 5.74) is -0.498. The van der Waals surface area contributed by atoms with E-state index in [9.17, 15) is 18.4 Å². The number of piperidine rings is 3. The Hall–Kier alpha value is -0.790. The van der Waals surface area contributed by atoms with Crippen molar-refractivity contribution in [2.45, 2.75) is 38.2 Å². The third-order valence-electron chi connectivity index (χ3n) is 4.61. The van der Waals surface area contributed by atoms with Crippen LogP contribution in [0, 0.1) is 5.41 Å². The molecule has 2 bridgehead atoms. The standard InChI is InChI=1S/C14H22F2N2O3.ClH/c1-13-3-6-18(7-4-13)10(11(13)19)9-14(15,16)12(20)17-5-8-21-2;/h10H,3-9H2,1-2H3,(H,17,20);1H. The van der Waals surface area contributed by atoms with Gasteiger partial charge in [-0.3, -0.25) is 14.5 Å². The van der Waals surface area contributed by atoms with Crippen LogP contribution < -0.4 is 5.32 Å². The number of hydrogen-bond acceptors (Lipinski definition) is 4. The van der Waals surface area contributed by atoms with Gasteiger partial charge in [-0.2, -0.15) is 8.78 Å². The Balaban J connectivity index is 0.00000242. The molecule has 3 heterocycles. The average molecular weight is 341 g/mol. The number of hydrogen-bond donors (Lipinski definition) is 1. The van der Waals surface area contributed by atoms with Crippen LogP contribution in [0.5, 0.6) is 0 Å². The van der Waals surface area contributed by atoms with Crippen molar-refractivity contribution in [2.24, 2.45) is 5.41 Å². The quantitative estimate of drug-likeness (QED) is 0.739. The predicted molar refractivity (Wildman–Crippen MR) is 79.4 cm³/mol. The number of nitrogens with one attached hydrogen (secondary N) is 1. The van der Waals surface area contributed by atoms with Gasteiger partial charge in [-0.1, -0.05) is 6.92 Å². The Kier molecular flexibility index (Phi) is 6.29. The number of Topliss-reactive ketones (excluding diaryl/α,β-unsaturated/α-hetero) is 1. The molecule has 3 saturated heterocycles. The van der Waals surface area contributed by atoms with Crippen molar-refractivity contribution in [3.8, 4) is 0 Å². The second-order valence-electron chi connectivity index (χ2n) is 6.13. The Bertz CT molecular complexity index is 426. The van der Waals surface area contributed by atoms with Crippen LogP contribution in [0.25, 0.3) is 0 Å². The van der Waals surface area contributed by atoms with Crippen LogP contribution in [0.15, 0.2) is 0 Å². The Labute approximate surface area is 135 Å². The van der Waals surface area contributed by atoms with Gasteiger partial charge in [-0.05, 0) is 25.9 Å². The van der Waals surface area contributed by atoms with Gasteiger partial charge >= 0.3 is 5.92 Å². The molecule has 0 spiro atoms. The van der Waals surface area contributed by atoms with Gasteiger partial charge in [0.15, 0.2) is 5.78 Å². The van der Waals surface area contributed by atoms with Gasteiger partial charge in [0.2, 0.25) is 0 Å². The lowest BCUT2D eigenvalue weighted by molar-refractivity contribution is -0.159. The fourth-order valence-electron chi connectivity index (χ4n) is 3.10. The molecule has 0 aromatic carbocycles. The minimum atomic E-state index is -3.54. The first kappa shape index (κ1) is 19.3. The molecule has 5 nitrogen and oxygen atoms in total. The highest BCUT2D eigenvalue weighted by atomic mass is 35.5. The van der Waals surface area contributed by atoms with Crippen molar-refractivity contribution >= 4 is 24.1 Å². The molecule has 0 saturated carbocycles. The van der Waals surface area contributed by atoms with E-state index in [0.717, 1.165) is 0 Å². The topological polar surface area (TPSA) is 58.6 Å². The highest BCUT2D eigenvalue weighted by Crippen LogP contribution is 2.42. The van der Waals surface area contributed by atoms with Gasteiger partial charge in [-0.25, -0.2) is 0 Å². The molecule has 1 N–H and O–H groups in total. The zero-order valence-corrected chi connectivity index (χ0v) is 13.7. The lowest BCUT2D eigenvalue weighted by atomic mass is 9.68. The van der Waals surface area contributed by atoms with Crippen molar-refractivity contribution < 1.29 is 23.1 Å². The van der Waals surface area contributed by atoms with Gasteiger partial charge in [0.1, 0.15) is 0 Å². The summed E-state index contributed by atoms with van der Waals surface area (Å²) in [5.74, 6) is -5.02. The number of alkyl halides is 2. The summed E-state index contributed by atoms with van der Waals surface area (Å²) in [4.78, 5) is 25.7. The molecule has 128 valence electrons.